The molecule has 0 bridgehead atoms. The van der Waals surface area contributed by atoms with E-state index in [1.54, 1.807) is 0 Å². The molecule has 0 N–H and O–H groups in total. The summed E-state index contributed by atoms with van der Waals surface area (Å²) in [5, 5.41) is 9.25. The topological polar surface area (TPSA) is 61.7 Å². The average molecular weight is 912 g/mol. The molecule has 6 nitrogen and oxygen atoms in total. The monoisotopic (exact) mass is 911 g/mol. The Bertz CT molecular complexity index is 4580. The number of aromatic nitrogens is 5. The van der Waals surface area contributed by atoms with Gasteiger partial charge in [-0.05, 0) is 77.4 Å². The van der Waals surface area contributed by atoms with E-state index in [2.05, 4.69) is 203 Å². The Morgan fingerprint density at radius 1 is 0.329 bits per heavy atom. The van der Waals surface area contributed by atoms with Crippen molar-refractivity contribution in [2.75, 3.05) is 0 Å². The van der Waals surface area contributed by atoms with Crippen LogP contribution in [0.1, 0.15) is 0 Å². The van der Waals surface area contributed by atoms with E-state index in [9.17, 15) is 0 Å². The second kappa shape index (κ2) is 15.2. The van der Waals surface area contributed by atoms with Gasteiger partial charge in [0, 0.05) is 74.9 Å². The van der Waals surface area contributed by atoms with Gasteiger partial charge in [-0.2, -0.15) is 9.97 Å². The third kappa shape index (κ3) is 5.95. The average Bonchev–Trinajstić information content (AvgIpc) is 4.18. The van der Waals surface area contributed by atoms with Crippen molar-refractivity contribution in [2.24, 2.45) is 0 Å². The molecule has 15 rings (SSSR count). The van der Waals surface area contributed by atoms with Gasteiger partial charge in [-0.15, -0.1) is 11.3 Å². The molecule has 70 heavy (non-hydrogen) atoms. The molecule has 0 amide bonds. The molecule has 0 unspecified atom stereocenters. The first-order chi connectivity index (χ1) is 34.7. The van der Waals surface area contributed by atoms with Gasteiger partial charge in [0.25, 0.3) is 0 Å². The first-order valence-corrected chi connectivity index (χ1v) is 24.3. The Morgan fingerprint density at radius 2 is 0.871 bits per heavy atom. The number of rotatable bonds is 6. The molecule has 0 aliphatic rings. The highest BCUT2D eigenvalue weighted by atomic mass is 32.1. The molecule has 0 saturated heterocycles. The van der Waals surface area contributed by atoms with Crippen LogP contribution in [-0.4, -0.2) is 24.1 Å². The maximum Gasteiger partial charge on any atom is 0.238 e. The van der Waals surface area contributed by atoms with Crippen molar-refractivity contribution in [3.05, 3.63) is 224 Å². The fourth-order valence-electron chi connectivity index (χ4n) is 10.7. The molecule has 326 valence electrons. The molecule has 0 saturated carbocycles. The molecule has 5 heterocycles. The van der Waals surface area contributed by atoms with E-state index in [0.717, 1.165) is 99.2 Å². The minimum atomic E-state index is 0.550. The Morgan fingerprint density at radius 3 is 1.61 bits per heavy atom. The summed E-state index contributed by atoms with van der Waals surface area (Å²) >= 11 is 1.84. The quantitative estimate of drug-likeness (QED) is 0.167. The third-order valence-corrected chi connectivity index (χ3v) is 15.1. The predicted molar refractivity (Wildman–Crippen MR) is 290 cm³/mol. The second-order valence-corrected chi connectivity index (χ2v) is 19.0. The number of hydrogen-bond acceptors (Lipinski definition) is 5. The van der Waals surface area contributed by atoms with Crippen molar-refractivity contribution in [2.45, 2.75) is 0 Å². The maximum absolute atomic E-state index is 6.80. The molecular weight excluding hydrogens is 875 g/mol. The normalized spacial score (nSPS) is 12.0. The van der Waals surface area contributed by atoms with Crippen molar-refractivity contribution in [1.29, 1.82) is 0 Å². The number of hydrogen-bond donors (Lipinski definition) is 0. The smallest absolute Gasteiger partial charge is 0.238 e. The lowest BCUT2D eigenvalue weighted by Gasteiger charge is -2.13. The summed E-state index contributed by atoms with van der Waals surface area (Å²) in [7, 11) is 0. The maximum atomic E-state index is 6.80. The molecule has 7 heteroatoms. The van der Waals surface area contributed by atoms with Gasteiger partial charge in [0.15, 0.2) is 11.6 Å². The van der Waals surface area contributed by atoms with Gasteiger partial charge >= 0.3 is 0 Å². The lowest BCUT2D eigenvalue weighted by molar-refractivity contribution is 0.670. The van der Waals surface area contributed by atoms with Crippen LogP contribution in [0.2, 0.25) is 0 Å². The summed E-state index contributed by atoms with van der Waals surface area (Å²) in [6.07, 6.45) is 0. The standard InChI is InChI=1S/C63H37N5OS/c1-3-15-38(16-4-1)39-27-29-41(30-28-39)62-64-61(40-17-5-2-6-18-40)65-63(66-62)68-54-24-12-8-20-45(54)50-36-49-44-19-7-11-23-53(44)67(55(49)37-56(50)68)43-34-48(60-52(35-43)46-21-9-13-25-57(46)69-60)42-31-32-59-51(33-42)47-22-10-14-26-58(47)70-59/h1-37H. The zero-order valence-corrected chi connectivity index (χ0v) is 38.2. The van der Waals surface area contributed by atoms with Gasteiger partial charge in [0.05, 0.1) is 22.1 Å². The fraction of sp³-hybridized carbons (Fsp3) is 0. The van der Waals surface area contributed by atoms with Crippen LogP contribution in [0.25, 0.3) is 142 Å². The van der Waals surface area contributed by atoms with Crippen LogP contribution in [0.4, 0.5) is 0 Å². The van der Waals surface area contributed by atoms with Crippen LogP contribution in [0.5, 0.6) is 0 Å². The largest absolute Gasteiger partial charge is 0.455 e. The number of benzene rings is 10. The number of nitrogens with zero attached hydrogens (tertiary/aromatic N) is 5. The van der Waals surface area contributed by atoms with Gasteiger partial charge < -0.3 is 8.98 Å². The highest BCUT2D eigenvalue weighted by Gasteiger charge is 2.23. The molecule has 0 spiro atoms. The van der Waals surface area contributed by atoms with Gasteiger partial charge in [-0.1, -0.05) is 164 Å². The van der Waals surface area contributed by atoms with Crippen LogP contribution in [0.3, 0.4) is 0 Å². The lowest BCUT2D eigenvalue weighted by atomic mass is 9.99. The Labute approximate surface area is 404 Å². The summed E-state index contributed by atoms with van der Waals surface area (Å²) in [5.74, 6) is 1.76. The van der Waals surface area contributed by atoms with E-state index in [-0.39, 0.29) is 0 Å². The first-order valence-electron chi connectivity index (χ1n) is 23.5. The minimum Gasteiger partial charge on any atom is -0.455 e. The van der Waals surface area contributed by atoms with Crippen molar-refractivity contribution in [1.82, 2.24) is 24.1 Å². The molecule has 0 aliphatic carbocycles. The molecule has 0 aliphatic heterocycles. The molecule has 0 atom stereocenters. The first kappa shape index (κ1) is 38.9. The van der Waals surface area contributed by atoms with E-state index in [0.29, 0.717) is 17.6 Å². The van der Waals surface area contributed by atoms with E-state index in [1.165, 1.54) is 25.6 Å². The van der Waals surface area contributed by atoms with Crippen LogP contribution < -0.4 is 0 Å². The second-order valence-electron chi connectivity index (χ2n) is 18.0. The predicted octanol–water partition coefficient (Wildman–Crippen LogP) is 17.0. The number of para-hydroxylation sites is 3. The van der Waals surface area contributed by atoms with Crippen LogP contribution in [0, 0.1) is 0 Å². The molecule has 0 fully saturated rings. The summed E-state index contributed by atoms with van der Waals surface area (Å²) < 4.78 is 14.0. The molecule has 15 aromatic rings. The van der Waals surface area contributed by atoms with E-state index < -0.39 is 0 Å². The lowest BCUT2D eigenvalue weighted by Crippen LogP contribution is -2.06. The molecule has 10 aromatic carbocycles. The van der Waals surface area contributed by atoms with Crippen LogP contribution >= 0.6 is 11.3 Å². The van der Waals surface area contributed by atoms with Crippen molar-refractivity contribution in [3.63, 3.8) is 0 Å². The fourth-order valence-corrected chi connectivity index (χ4v) is 11.8. The van der Waals surface area contributed by atoms with Gasteiger partial charge in [0.2, 0.25) is 5.95 Å². The number of fused-ring (bicyclic) bond motifs is 12. The number of furan rings is 1. The zero-order chi connectivity index (χ0) is 45.9. The van der Waals surface area contributed by atoms with E-state index >= 15 is 0 Å². The summed E-state index contributed by atoms with van der Waals surface area (Å²) in [6.45, 7) is 0. The Kier molecular flexibility index (Phi) is 8.43. The highest BCUT2D eigenvalue weighted by molar-refractivity contribution is 7.25. The molecular formula is C63H37N5OS. The van der Waals surface area contributed by atoms with Gasteiger partial charge in [-0.3, -0.25) is 4.57 Å². The third-order valence-electron chi connectivity index (χ3n) is 14.0. The van der Waals surface area contributed by atoms with Gasteiger partial charge in [0.1, 0.15) is 11.2 Å². The summed E-state index contributed by atoms with van der Waals surface area (Å²) in [5.41, 5.74) is 13.3. The summed E-state index contributed by atoms with van der Waals surface area (Å²) in [4.78, 5) is 15.8. The molecule has 5 aromatic heterocycles. The Balaban J connectivity index is 0.995. The molecule has 0 radical (unpaired) electrons. The number of thiophene rings is 1. The van der Waals surface area contributed by atoms with Crippen molar-refractivity contribution >= 4 is 97.1 Å². The van der Waals surface area contributed by atoms with E-state index in [1.807, 2.05) is 41.7 Å². The SMILES string of the molecule is c1ccc(-c2ccc(-c3nc(-c4ccccc4)nc(-n4c5ccccc5c5cc6c7ccccc7n(-c7cc(-c8ccc9sc%10ccccc%10c9c8)c8oc9ccccc9c8c7)c6cc54)n3)cc2)cc1. The van der Waals surface area contributed by atoms with E-state index in [4.69, 9.17) is 19.4 Å². The zero-order valence-electron chi connectivity index (χ0n) is 37.4. The Hall–Kier alpha value is -9.17. The van der Waals surface area contributed by atoms with Crippen LogP contribution in [0.15, 0.2) is 229 Å². The van der Waals surface area contributed by atoms with Gasteiger partial charge in [-0.25, -0.2) is 4.98 Å². The summed E-state index contributed by atoms with van der Waals surface area (Å²) in [6, 6.07) is 79.8. The minimum absolute atomic E-state index is 0.550. The highest BCUT2D eigenvalue weighted by Crippen LogP contribution is 2.44. The van der Waals surface area contributed by atoms with Crippen molar-refractivity contribution < 1.29 is 4.42 Å². The van der Waals surface area contributed by atoms with Crippen molar-refractivity contribution in [3.8, 4) is 56.7 Å². The van der Waals surface area contributed by atoms with Crippen LogP contribution in [-0.2, 0) is 0 Å².